The third-order valence-electron chi connectivity index (χ3n) is 16.6. The smallest absolute Gasteiger partial charge is 0.260 e. The lowest BCUT2D eigenvalue weighted by Crippen LogP contribution is -2.33. The second-order valence-corrected chi connectivity index (χ2v) is 27.2. The molecule has 2 unspecified atom stereocenters. The van der Waals surface area contributed by atoms with E-state index in [1.54, 1.807) is 45.3 Å². The predicted octanol–water partition coefficient (Wildman–Crippen LogP) is 21.5. The highest BCUT2D eigenvalue weighted by molar-refractivity contribution is 7.22. The molecule has 2 aromatic carbocycles. The molecule has 0 saturated carbocycles. The van der Waals surface area contributed by atoms with Gasteiger partial charge in [-0.15, -0.1) is 45.3 Å². The molecule has 0 bridgehead atoms. The molecule has 0 saturated heterocycles. The molecule has 81 heavy (non-hydrogen) atoms. The van der Waals surface area contributed by atoms with Crippen LogP contribution in [0.1, 0.15) is 234 Å². The first-order valence-corrected chi connectivity index (χ1v) is 35.4. The molecule has 0 aliphatic carbocycles. The van der Waals surface area contributed by atoms with E-state index in [2.05, 4.69) is 123 Å². The van der Waals surface area contributed by atoms with Crippen molar-refractivity contribution < 1.29 is 9.59 Å². The number of nitrogens with zero attached hydrogens (tertiary/aromatic N) is 4. The number of thiophene rings is 2. The maximum atomic E-state index is 16.1. The van der Waals surface area contributed by atoms with E-state index in [4.69, 9.17) is 9.97 Å². The van der Waals surface area contributed by atoms with Gasteiger partial charge >= 0.3 is 0 Å². The van der Waals surface area contributed by atoms with Crippen LogP contribution in [0.5, 0.6) is 0 Å². The average Bonchev–Trinajstić information content (AvgIpc) is 4.43. The van der Waals surface area contributed by atoms with Crippen LogP contribution >= 0.6 is 45.3 Å². The number of hydrogen-bond acceptors (Lipinski definition) is 8. The van der Waals surface area contributed by atoms with Crippen LogP contribution in [0, 0.1) is 11.8 Å². The number of unbranched alkanes of at least 4 members (excludes halogenated alkanes) is 16. The fourth-order valence-electron chi connectivity index (χ4n) is 11.9. The highest BCUT2D eigenvalue weighted by Crippen LogP contribution is 2.46. The summed E-state index contributed by atoms with van der Waals surface area (Å²) in [6.07, 6.45) is 40.4. The van der Waals surface area contributed by atoms with Crippen LogP contribution in [0.4, 0.5) is 0 Å². The molecular formula is C71H98N4O2S4. The molecule has 10 heteroatoms. The highest BCUT2D eigenvalue weighted by Gasteiger charge is 2.40. The van der Waals surface area contributed by atoms with Crippen molar-refractivity contribution in [3.8, 4) is 19.5 Å². The molecule has 6 aromatic rings. The minimum absolute atomic E-state index is 0.0107. The molecule has 1 aliphatic rings. The molecule has 6 nitrogen and oxygen atoms in total. The Morgan fingerprint density at radius 2 is 0.975 bits per heavy atom. The van der Waals surface area contributed by atoms with Crippen molar-refractivity contribution in [1.82, 2.24) is 19.8 Å². The van der Waals surface area contributed by atoms with Crippen molar-refractivity contribution in [3.63, 3.8) is 0 Å². The number of carbonyl (C=O) groups is 2. The fourth-order valence-corrected chi connectivity index (χ4v) is 16.0. The first-order chi connectivity index (χ1) is 39.8. The Balaban J connectivity index is 1.28. The summed E-state index contributed by atoms with van der Waals surface area (Å²) in [5.74, 6) is 0.668. The molecule has 0 N–H and O–H groups in total. The van der Waals surface area contributed by atoms with Gasteiger partial charge in [0, 0.05) is 35.2 Å². The topological polar surface area (TPSA) is 66.4 Å². The second kappa shape index (κ2) is 36.3. The van der Waals surface area contributed by atoms with E-state index in [9.17, 15) is 4.79 Å². The van der Waals surface area contributed by atoms with Gasteiger partial charge in [0.15, 0.2) is 0 Å². The van der Waals surface area contributed by atoms with Crippen LogP contribution < -0.4 is 0 Å². The van der Waals surface area contributed by atoms with Crippen LogP contribution in [-0.4, -0.2) is 45.2 Å². The Morgan fingerprint density at radius 1 is 0.531 bits per heavy atom. The third-order valence-corrected chi connectivity index (χ3v) is 21.0. The standard InChI is InChI=1S/C71H98N4O2S4/c1-6-10-14-18-20-26-39-58(38-24-16-12-8-3)50-74(54-76)68(70-73-49-65(81-70)63-47-61(53-79-63)45-33-43-57-36-30-23-31-37-57)66-55(5)67(75(71(66)77)51-59(40-25-17-13-9-4)41-27-21-19-15-11-7-2)69-72-48-64(80-69)62-46-60(52-78-62)44-32-42-56-34-28-22-29-35-56/h22-23,28-31,34-37,46-49,52-54,58-59H,6-21,24-27,32-33,38-45,50-51H2,1-5H3/b68-66+. The van der Waals surface area contributed by atoms with Crippen LogP contribution in [0.15, 0.2) is 107 Å². The zero-order chi connectivity index (χ0) is 56.9. The van der Waals surface area contributed by atoms with Gasteiger partial charge in [-0.05, 0) is 134 Å². The van der Waals surface area contributed by atoms with Gasteiger partial charge in [-0.3, -0.25) is 9.59 Å². The van der Waals surface area contributed by atoms with Crippen LogP contribution in [0.25, 0.3) is 30.9 Å². The number of benzene rings is 2. The van der Waals surface area contributed by atoms with Crippen molar-refractivity contribution in [2.45, 2.75) is 227 Å². The van der Waals surface area contributed by atoms with E-state index in [0.717, 1.165) is 114 Å². The summed E-state index contributed by atoms with van der Waals surface area (Å²) in [5, 5.41) is 6.23. The minimum Gasteiger partial charge on any atom is -0.311 e. The summed E-state index contributed by atoms with van der Waals surface area (Å²) in [7, 11) is 0. The molecule has 0 fully saturated rings. The zero-order valence-corrected chi connectivity index (χ0v) is 53.6. The van der Waals surface area contributed by atoms with Crippen molar-refractivity contribution in [1.29, 1.82) is 0 Å². The quantitative estimate of drug-likeness (QED) is 0.0218. The first-order valence-electron chi connectivity index (χ1n) is 32.0. The van der Waals surface area contributed by atoms with E-state index in [1.807, 2.05) is 17.3 Å². The largest absolute Gasteiger partial charge is 0.311 e. The molecule has 4 aromatic heterocycles. The molecule has 7 rings (SSSR count). The number of rotatable bonds is 42. The summed E-state index contributed by atoms with van der Waals surface area (Å²) in [4.78, 5) is 49.4. The van der Waals surface area contributed by atoms with Gasteiger partial charge in [0.25, 0.3) is 5.91 Å². The number of hydrogen-bond donors (Lipinski definition) is 0. The van der Waals surface area contributed by atoms with Crippen LogP contribution in [0.3, 0.4) is 0 Å². The Labute approximate surface area is 506 Å². The van der Waals surface area contributed by atoms with Crippen molar-refractivity contribution in [2.75, 3.05) is 13.1 Å². The van der Waals surface area contributed by atoms with E-state index in [0.29, 0.717) is 36.2 Å². The highest BCUT2D eigenvalue weighted by atomic mass is 32.1. The van der Waals surface area contributed by atoms with Gasteiger partial charge < -0.3 is 9.80 Å². The molecule has 2 atom stereocenters. The first kappa shape index (κ1) is 64.1. The van der Waals surface area contributed by atoms with Crippen LogP contribution in [-0.2, 0) is 35.3 Å². The molecule has 0 spiro atoms. The SMILES string of the molecule is CCCCCCCCC(CCCCCC)CN1C(=O)/C(=C(\c2ncc(-c3cc(CCCc4ccccc4)cs3)s2)N(C=O)CC(CCCCCC)CCCCCCCC)C(C)=C1c1ncc(-c2cc(CCCc3ccccc3)cs2)s1. The van der Waals surface area contributed by atoms with Crippen molar-refractivity contribution >= 4 is 69.1 Å². The maximum Gasteiger partial charge on any atom is 0.260 e. The summed E-state index contributed by atoms with van der Waals surface area (Å²) in [5.41, 5.74) is 8.58. The predicted molar refractivity (Wildman–Crippen MR) is 352 cm³/mol. The van der Waals surface area contributed by atoms with E-state index in [1.165, 1.54) is 148 Å². The lowest BCUT2D eigenvalue weighted by Gasteiger charge is -2.28. The summed E-state index contributed by atoms with van der Waals surface area (Å²) in [6.45, 7) is 12.5. The number of aryl methyl sites for hydroxylation is 4. The summed E-state index contributed by atoms with van der Waals surface area (Å²) >= 11 is 6.91. The number of thiazole rings is 2. The Morgan fingerprint density at radius 3 is 1.48 bits per heavy atom. The lowest BCUT2D eigenvalue weighted by atomic mass is 9.93. The average molecular weight is 1170 g/mol. The van der Waals surface area contributed by atoms with Crippen LogP contribution in [0.2, 0.25) is 0 Å². The van der Waals surface area contributed by atoms with Gasteiger partial charge in [-0.25, -0.2) is 9.97 Å². The molecule has 5 heterocycles. The van der Waals surface area contributed by atoms with E-state index >= 15 is 4.79 Å². The zero-order valence-electron chi connectivity index (χ0n) is 50.3. The Hall–Kier alpha value is -4.48. The number of amides is 2. The van der Waals surface area contributed by atoms with Gasteiger partial charge in [0.2, 0.25) is 6.41 Å². The fraction of sp³-hybridized carbons (Fsp3) is 0.549. The molecular weight excluding hydrogens is 1070 g/mol. The van der Waals surface area contributed by atoms with Gasteiger partial charge in [0.05, 0.1) is 26.7 Å². The van der Waals surface area contributed by atoms with Gasteiger partial charge in [-0.2, -0.15) is 0 Å². The minimum atomic E-state index is -0.0107. The number of aromatic nitrogens is 2. The normalized spacial score (nSPS) is 14.1. The Bertz CT molecular complexity index is 2780. The monoisotopic (exact) mass is 1170 g/mol. The second-order valence-electron chi connectivity index (χ2n) is 23.3. The van der Waals surface area contributed by atoms with E-state index < -0.39 is 0 Å². The lowest BCUT2D eigenvalue weighted by molar-refractivity contribution is -0.123. The molecule has 0 radical (unpaired) electrons. The molecule has 2 amide bonds. The summed E-state index contributed by atoms with van der Waals surface area (Å²) in [6, 6.07) is 26.3. The van der Waals surface area contributed by atoms with Gasteiger partial charge in [0.1, 0.15) is 10.0 Å². The van der Waals surface area contributed by atoms with Crippen molar-refractivity contribution in [2.24, 2.45) is 11.8 Å². The van der Waals surface area contributed by atoms with Crippen molar-refractivity contribution in [3.05, 3.63) is 139 Å². The summed E-state index contributed by atoms with van der Waals surface area (Å²) < 4.78 is 0. The Kier molecular flexibility index (Phi) is 28.7. The molecule has 1 aliphatic heterocycles. The molecule has 438 valence electrons. The van der Waals surface area contributed by atoms with E-state index in [-0.39, 0.29) is 5.91 Å². The third kappa shape index (κ3) is 20.4. The van der Waals surface area contributed by atoms with Gasteiger partial charge in [-0.1, -0.05) is 217 Å². The number of carbonyl (C=O) groups excluding carboxylic acids is 2. The maximum absolute atomic E-state index is 16.1.